The predicted octanol–water partition coefficient (Wildman–Crippen LogP) is 1.43. The van der Waals surface area contributed by atoms with E-state index in [9.17, 15) is 4.79 Å². The fourth-order valence-electron chi connectivity index (χ4n) is 1.56. The van der Waals surface area contributed by atoms with E-state index in [4.69, 9.17) is 15.4 Å². The molecule has 1 amide bonds. The van der Waals surface area contributed by atoms with Gasteiger partial charge in [0.1, 0.15) is 5.76 Å². The summed E-state index contributed by atoms with van der Waals surface area (Å²) in [4.78, 5) is 13.6. The van der Waals surface area contributed by atoms with Gasteiger partial charge in [-0.15, -0.1) is 6.58 Å². The molecule has 1 unspecified atom stereocenters. The SMILES string of the molecule is C=CCC(N)C(=O)N(CCC#N)Cc1ccco1. The molecule has 0 radical (unpaired) electrons. The molecule has 1 atom stereocenters. The van der Waals surface area contributed by atoms with E-state index in [-0.39, 0.29) is 12.3 Å². The molecule has 0 aromatic carbocycles. The Balaban J connectivity index is 2.68. The maximum atomic E-state index is 12.1. The van der Waals surface area contributed by atoms with Gasteiger partial charge in [-0.05, 0) is 18.6 Å². The number of hydrogen-bond donors (Lipinski definition) is 1. The summed E-state index contributed by atoms with van der Waals surface area (Å²) in [5.41, 5.74) is 5.75. The molecule has 1 aromatic heterocycles. The molecule has 96 valence electrons. The minimum Gasteiger partial charge on any atom is -0.467 e. The lowest BCUT2D eigenvalue weighted by atomic mass is 10.2. The summed E-state index contributed by atoms with van der Waals surface area (Å²) >= 11 is 0. The molecule has 5 heteroatoms. The monoisotopic (exact) mass is 247 g/mol. The minimum absolute atomic E-state index is 0.193. The summed E-state index contributed by atoms with van der Waals surface area (Å²) in [5, 5.41) is 8.61. The van der Waals surface area contributed by atoms with Gasteiger partial charge in [0.05, 0.1) is 31.3 Å². The first-order valence-electron chi connectivity index (χ1n) is 5.73. The number of nitrogens with zero attached hydrogens (tertiary/aromatic N) is 2. The number of hydrogen-bond acceptors (Lipinski definition) is 4. The molecule has 0 fully saturated rings. The van der Waals surface area contributed by atoms with Crippen molar-refractivity contribution < 1.29 is 9.21 Å². The molecule has 0 aliphatic carbocycles. The van der Waals surface area contributed by atoms with Gasteiger partial charge < -0.3 is 15.1 Å². The van der Waals surface area contributed by atoms with Gasteiger partial charge >= 0.3 is 0 Å². The summed E-state index contributed by atoms with van der Waals surface area (Å²) in [6.07, 6.45) is 3.84. The third kappa shape index (κ3) is 4.07. The van der Waals surface area contributed by atoms with Gasteiger partial charge in [-0.2, -0.15) is 5.26 Å². The summed E-state index contributed by atoms with van der Waals surface area (Å²) < 4.78 is 5.20. The van der Waals surface area contributed by atoms with Gasteiger partial charge in [-0.3, -0.25) is 4.79 Å². The number of nitrogens with two attached hydrogens (primary N) is 1. The van der Waals surface area contributed by atoms with Crippen LogP contribution in [0.5, 0.6) is 0 Å². The van der Waals surface area contributed by atoms with Crippen molar-refractivity contribution >= 4 is 5.91 Å². The Morgan fingerprint density at radius 1 is 1.72 bits per heavy atom. The van der Waals surface area contributed by atoms with Crippen LogP contribution in [0.25, 0.3) is 0 Å². The van der Waals surface area contributed by atoms with Crippen LogP contribution in [0.2, 0.25) is 0 Å². The maximum Gasteiger partial charge on any atom is 0.240 e. The highest BCUT2D eigenvalue weighted by atomic mass is 16.3. The lowest BCUT2D eigenvalue weighted by Gasteiger charge is -2.23. The minimum atomic E-state index is -0.615. The highest BCUT2D eigenvalue weighted by molar-refractivity contribution is 5.81. The lowest BCUT2D eigenvalue weighted by Crippen LogP contribution is -2.43. The van der Waals surface area contributed by atoms with Crippen molar-refractivity contribution in [2.24, 2.45) is 5.73 Å². The van der Waals surface area contributed by atoms with Crippen LogP contribution >= 0.6 is 0 Å². The van der Waals surface area contributed by atoms with Crippen molar-refractivity contribution in [2.75, 3.05) is 6.54 Å². The topological polar surface area (TPSA) is 83.3 Å². The Labute approximate surface area is 106 Å². The number of nitriles is 1. The second-order valence-electron chi connectivity index (χ2n) is 3.88. The van der Waals surface area contributed by atoms with E-state index in [2.05, 4.69) is 6.58 Å². The van der Waals surface area contributed by atoms with Gasteiger partial charge in [-0.1, -0.05) is 6.08 Å². The van der Waals surface area contributed by atoms with Crippen LogP contribution in [0, 0.1) is 11.3 Å². The molecule has 5 nitrogen and oxygen atoms in total. The Bertz CT molecular complexity index is 420. The number of furan rings is 1. The normalized spacial score (nSPS) is 11.6. The van der Waals surface area contributed by atoms with Crippen molar-refractivity contribution in [1.29, 1.82) is 5.26 Å². The summed E-state index contributed by atoms with van der Waals surface area (Å²) in [5.74, 6) is 0.480. The molecular weight excluding hydrogens is 230 g/mol. The maximum absolute atomic E-state index is 12.1. The molecule has 18 heavy (non-hydrogen) atoms. The molecule has 0 saturated carbocycles. The van der Waals surface area contributed by atoms with Crippen LogP contribution in [-0.2, 0) is 11.3 Å². The van der Waals surface area contributed by atoms with Crippen molar-refractivity contribution in [1.82, 2.24) is 4.90 Å². The molecule has 1 heterocycles. The van der Waals surface area contributed by atoms with E-state index >= 15 is 0 Å². The largest absolute Gasteiger partial charge is 0.467 e. The molecule has 1 rings (SSSR count). The second kappa shape index (κ2) is 7.30. The zero-order valence-electron chi connectivity index (χ0n) is 10.2. The van der Waals surface area contributed by atoms with Crippen LogP contribution < -0.4 is 5.73 Å². The molecule has 0 spiro atoms. The number of rotatable bonds is 7. The third-order valence-electron chi connectivity index (χ3n) is 2.47. The predicted molar refractivity (Wildman–Crippen MR) is 67.1 cm³/mol. The summed E-state index contributed by atoms with van der Waals surface area (Å²) in [6.45, 7) is 4.24. The van der Waals surface area contributed by atoms with Gasteiger partial charge in [0.15, 0.2) is 0 Å². The Kier molecular flexibility index (Phi) is 5.68. The highest BCUT2D eigenvalue weighted by Gasteiger charge is 2.20. The standard InChI is InChI=1S/C13H17N3O2/c1-2-5-12(15)13(17)16(8-4-7-14)10-11-6-3-9-18-11/h2-3,6,9,12H,1,4-5,8,10,15H2. The summed E-state index contributed by atoms with van der Waals surface area (Å²) in [6, 6.07) is 4.94. The van der Waals surface area contributed by atoms with Gasteiger partial charge in [0, 0.05) is 6.54 Å². The lowest BCUT2D eigenvalue weighted by molar-refractivity contribution is -0.133. The first-order valence-corrected chi connectivity index (χ1v) is 5.73. The number of amides is 1. The average Bonchev–Trinajstić information content (AvgIpc) is 2.86. The van der Waals surface area contributed by atoms with Crippen molar-refractivity contribution in [3.8, 4) is 6.07 Å². The van der Waals surface area contributed by atoms with Gasteiger partial charge in [-0.25, -0.2) is 0 Å². The van der Waals surface area contributed by atoms with Crippen LogP contribution in [0.15, 0.2) is 35.5 Å². The molecule has 2 N–H and O–H groups in total. The molecule has 0 bridgehead atoms. The first kappa shape index (κ1) is 14.0. The Hall–Kier alpha value is -2.06. The van der Waals surface area contributed by atoms with Crippen LogP contribution in [0.4, 0.5) is 0 Å². The molecular formula is C13H17N3O2. The zero-order valence-corrected chi connectivity index (χ0v) is 10.2. The Morgan fingerprint density at radius 3 is 3.06 bits per heavy atom. The second-order valence-corrected chi connectivity index (χ2v) is 3.88. The highest BCUT2D eigenvalue weighted by Crippen LogP contribution is 2.08. The van der Waals surface area contributed by atoms with Crippen LogP contribution in [0.1, 0.15) is 18.6 Å². The summed E-state index contributed by atoms with van der Waals surface area (Å²) in [7, 11) is 0. The fourth-order valence-corrected chi connectivity index (χ4v) is 1.56. The van der Waals surface area contributed by atoms with E-state index in [1.807, 2.05) is 6.07 Å². The van der Waals surface area contributed by atoms with Crippen molar-refractivity contribution in [2.45, 2.75) is 25.4 Å². The first-order chi connectivity index (χ1) is 8.69. The van der Waals surface area contributed by atoms with E-state index in [1.165, 1.54) is 4.90 Å². The zero-order chi connectivity index (χ0) is 13.4. The average molecular weight is 247 g/mol. The van der Waals surface area contributed by atoms with Gasteiger partial charge in [0.25, 0.3) is 0 Å². The smallest absolute Gasteiger partial charge is 0.240 e. The quantitative estimate of drug-likeness (QED) is 0.739. The molecule has 0 saturated heterocycles. The molecule has 0 aliphatic heterocycles. The Morgan fingerprint density at radius 2 is 2.50 bits per heavy atom. The number of carbonyl (C=O) groups is 1. The van der Waals surface area contributed by atoms with Crippen LogP contribution in [0.3, 0.4) is 0 Å². The molecule has 1 aromatic rings. The molecule has 0 aliphatic rings. The van der Waals surface area contributed by atoms with E-state index in [0.717, 1.165) is 0 Å². The van der Waals surface area contributed by atoms with Crippen LogP contribution in [-0.4, -0.2) is 23.4 Å². The third-order valence-corrected chi connectivity index (χ3v) is 2.47. The van der Waals surface area contributed by atoms with Crippen molar-refractivity contribution in [3.63, 3.8) is 0 Å². The van der Waals surface area contributed by atoms with Crippen molar-refractivity contribution in [3.05, 3.63) is 36.8 Å². The van der Waals surface area contributed by atoms with E-state index < -0.39 is 6.04 Å². The van der Waals surface area contributed by atoms with E-state index in [0.29, 0.717) is 25.3 Å². The van der Waals surface area contributed by atoms with Gasteiger partial charge in [0.2, 0.25) is 5.91 Å². The fraction of sp³-hybridized carbons (Fsp3) is 0.385. The number of carbonyl (C=O) groups excluding carboxylic acids is 1. The van der Waals surface area contributed by atoms with E-state index in [1.54, 1.807) is 24.5 Å².